The number of benzene rings is 2. The second kappa shape index (κ2) is 11.2. The molecule has 1 heterocycles. The number of amides is 1. The third kappa shape index (κ3) is 5.40. The number of nitrogens with zero attached hydrogens (tertiary/aromatic N) is 4. The van der Waals surface area contributed by atoms with Gasteiger partial charge in [0, 0.05) is 44.5 Å². The maximum absolute atomic E-state index is 12.6. The Morgan fingerprint density at radius 1 is 1.26 bits per heavy atom. The maximum atomic E-state index is 12.6. The van der Waals surface area contributed by atoms with Gasteiger partial charge in [0.15, 0.2) is 5.75 Å². The van der Waals surface area contributed by atoms with E-state index in [1.165, 1.54) is 4.90 Å². The first-order chi connectivity index (χ1) is 16.3. The zero-order chi connectivity index (χ0) is 24.8. The molecule has 3 aromatic rings. The third-order valence-corrected chi connectivity index (χ3v) is 5.69. The second-order valence-electron chi connectivity index (χ2n) is 7.53. The van der Waals surface area contributed by atoms with Crippen molar-refractivity contribution in [1.82, 2.24) is 15.2 Å². The van der Waals surface area contributed by atoms with Crippen LogP contribution in [0, 0.1) is 0 Å². The van der Waals surface area contributed by atoms with E-state index in [0.717, 1.165) is 6.42 Å². The lowest BCUT2D eigenvalue weighted by Crippen LogP contribution is -2.30. The number of guanidine groups is 1. The first kappa shape index (κ1) is 25.3. The highest BCUT2D eigenvalue weighted by Gasteiger charge is 2.27. The van der Waals surface area contributed by atoms with Gasteiger partial charge in [-0.15, -0.1) is 0 Å². The molecule has 8 nitrogen and oxygen atoms in total. The fraction of sp³-hybridized carbons (Fsp3) is 0.250. The Kier molecular flexibility index (Phi) is 8.31. The fourth-order valence-corrected chi connectivity index (χ4v) is 3.78. The third-order valence-electron chi connectivity index (χ3n) is 4.94. The molecule has 178 valence electrons. The van der Waals surface area contributed by atoms with Crippen LogP contribution in [0.15, 0.2) is 52.6 Å². The molecule has 34 heavy (non-hydrogen) atoms. The van der Waals surface area contributed by atoms with E-state index in [-0.39, 0.29) is 5.75 Å². The van der Waals surface area contributed by atoms with Crippen LogP contribution in [0.3, 0.4) is 0 Å². The molecule has 0 saturated carbocycles. The number of pyridine rings is 1. The molecule has 2 aromatic carbocycles. The predicted molar refractivity (Wildman–Crippen MR) is 139 cm³/mol. The van der Waals surface area contributed by atoms with E-state index < -0.39 is 12.1 Å². The molecule has 10 heteroatoms. The summed E-state index contributed by atoms with van der Waals surface area (Å²) in [5.41, 5.74) is 8.08. The van der Waals surface area contributed by atoms with Gasteiger partial charge in [0.2, 0.25) is 5.96 Å². The van der Waals surface area contributed by atoms with E-state index >= 15 is 0 Å². The average molecular weight is 501 g/mol. The van der Waals surface area contributed by atoms with Crippen molar-refractivity contribution >= 4 is 58.1 Å². The molecule has 1 atom stereocenters. The number of fused-ring (bicyclic) bond motifs is 1. The minimum absolute atomic E-state index is 0.240. The largest absolute Gasteiger partial charge is 0.414 e. The van der Waals surface area contributed by atoms with Gasteiger partial charge in [-0.2, -0.15) is 0 Å². The Bertz CT molecular complexity index is 1260. The SMILES string of the molecule is CC/C=N\C(=NC)NC(c1cccc(N)c1Cl)c1cc(Cl)c2cccnc2c1OC(=O)N(C)C. The van der Waals surface area contributed by atoms with Crippen molar-refractivity contribution in [2.24, 2.45) is 9.98 Å². The van der Waals surface area contributed by atoms with Gasteiger partial charge in [0.25, 0.3) is 0 Å². The molecule has 0 saturated heterocycles. The van der Waals surface area contributed by atoms with Crippen molar-refractivity contribution < 1.29 is 9.53 Å². The molecule has 1 amide bonds. The number of nitrogen functional groups attached to an aromatic ring is 1. The lowest BCUT2D eigenvalue weighted by Gasteiger charge is -2.25. The molecule has 0 aliphatic heterocycles. The van der Waals surface area contributed by atoms with Crippen molar-refractivity contribution in [2.45, 2.75) is 19.4 Å². The van der Waals surface area contributed by atoms with E-state index in [9.17, 15) is 4.79 Å². The number of hydrogen-bond acceptors (Lipinski definition) is 5. The highest BCUT2D eigenvalue weighted by atomic mass is 35.5. The summed E-state index contributed by atoms with van der Waals surface area (Å²) in [4.78, 5) is 27.0. The van der Waals surface area contributed by atoms with E-state index in [2.05, 4.69) is 20.3 Å². The predicted octanol–water partition coefficient (Wildman–Crippen LogP) is 5.33. The van der Waals surface area contributed by atoms with Gasteiger partial charge < -0.3 is 20.7 Å². The summed E-state index contributed by atoms with van der Waals surface area (Å²) in [7, 11) is 4.81. The maximum Gasteiger partial charge on any atom is 0.414 e. The van der Waals surface area contributed by atoms with Gasteiger partial charge in [-0.3, -0.25) is 9.98 Å². The van der Waals surface area contributed by atoms with Crippen LogP contribution in [-0.4, -0.2) is 49.3 Å². The molecule has 0 bridgehead atoms. The summed E-state index contributed by atoms with van der Waals surface area (Å²) in [6.07, 6.45) is 3.49. The first-order valence-corrected chi connectivity index (χ1v) is 11.3. The van der Waals surface area contributed by atoms with E-state index in [1.807, 2.05) is 19.1 Å². The molecule has 0 radical (unpaired) electrons. The summed E-state index contributed by atoms with van der Waals surface area (Å²) in [5, 5.41) is 4.71. The van der Waals surface area contributed by atoms with Crippen molar-refractivity contribution in [1.29, 1.82) is 0 Å². The number of nitrogens with two attached hydrogens (primary N) is 1. The smallest absolute Gasteiger partial charge is 0.407 e. The highest BCUT2D eigenvalue weighted by Crippen LogP contribution is 2.41. The number of halogens is 2. The number of hydrogen-bond donors (Lipinski definition) is 2. The van der Waals surface area contributed by atoms with Crippen molar-refractivity contribution in [2.75, 3.05) is 26.9 Å². The van der Waals surface area contributed by atoms with Crippen molar-refractivity contribution in [3.8, 4) is 5.75 Å². The summed E-state index contributed by atoms with van der Waals surface area (Å²) in [6, 6.07) is 9.93. The fourth-order valence-electron chi connectivity index (χ4n) is 3.28. The molecule has 0 spiro atoms. The van der Waals surface area contributed by atoms with Crippen LogP contribution in [0.25, 0.3) is 10.9 Å². The molecule has 0 aliphatic carbocycles. The van der Waals surface area contributed by atoms with Crippen LogP contribution in [0.5, 0.6) is 5.75 Å². The minimum atomic E-state index is -0.669. The Labute approximate surface area is 208 Å². The summed E-state index contributed by atoms with van der Waals surface area (Å²) < 4.78 is 5.82. The van der Waals surface area contributed by atoms with Gasteiger partial charge >= 0.3 is 6.09 Å². The van der Waals surface area contributed by atoms with Crippen LogP contribution < -0.4 is 15.8 Å². The first-order valence-electron chi connectivity index (χ1n) is 10.5. The van der Waals surface area contributed by atoms with Gasteiger partial charge in [-0.25, -0.2) is 9.79 Å². The Morgan fingerprint density at radius 3 is 2.71 bits per heavy atom. The molecular weight excluding hydrogens is 475 g/mol. The monoisotopic (exact) mass is 500 g/mol. The molecule has 3 N–H and O–H groups in total. The van der Waals surface area contributed by atoms with Crippen molar-refractivity contribution in [3.05, 3.63) is 63.8 Å². The lowest BCUT2D eigenvalue weighted by atomic mass is 9.95. The lowest BCUT2D eigenvalue weighted by molar-refractivity contribution is 0.172. The van der Waals surface area contributed by atoms with Gasteiger partial charge in [0.1, 0.15) is 5.52 Å². The van der Waals surface area contributed by atoms with E-state index in [4.69, 9.17) is 33.7 Å². The summed E-state index contributed by atoms with van der Waals surface area (Å²) >= 11 is 13.3. The van der Waals surface area contributed by atoms with Crippen LogP contribution in [-0.2, 0) is 0 Å². The zero-order valence-corrected chi connectivity index (χ0v) is 20.9. The standard InChI is InChI=1S/C24H26Cl2N6O2/c1-5-11-30-23(28-2)31-20(15-8-6-10-18(27)19(15)26)16-13-17(25)14-9-7-12-29-21(14)22(16)34-24(33)32(3)4/h6-13,20H,5,27H2,1-4H3,(H,28,31)/b30-11-. The van der Waals surface area contributed by atoms with E-state index in [0.29, 0.717) is 43.7 Å². The summed E-state index contributed by atoms with van der Waals surface area (Å²) in [5.74, 6) is 0.595. The van der Waals surface area contributed by atoms with Crippen LogP contribution in [0.2, 0.25) is 10.0 Å². The van der Waals surface area contributed by atoms with E-state index in [1.54, 1.807) is 57.8 Å². The Balaban J connectivity index is 2.32. The number of nitrogens with one attached hydrogen (secondary N) is 1. The molecular formula is C24H26Cl2N6O2. The van der Waals surface area contributed by atoms with Gasteiger partial charge in [0.05, 0.1) is 21.8 Å². The van der Waals surface area contributed by atoms with Crippen LogP contribution in [0.1, 0.15) is 30.5 Å². The normalized spacial score (nSPS) is 12.7. The molecule has 3 rings (SSSR count). The topological polar surface area (TPSA) is 105 Å². The highest BCUT2D eigenvalue weighted by molar-refractivity contribution is 6.36. The quantitative estimate of drug-likeness (QED) is 0.279. The number of aliphatic imine (C=N–C) groups is 2. The Morgan fingerprint density at radius 2 is 2.03 bits per heavy atom. The second-order valence-corrected chi connectivity index (χ2v) is 8.32. The van der Waals surface area contributed by atoms with Crippen LogP contribution >= 0.6 is 23.2 Å². The number of rotatable bonds is 5. The number of ether oxygens (including phenoxy) is 1. The summed E-state index contributed by atoms with van der Waals surface area (Å²) in [6.45, 7) is 1.97. The average Bonchev–Trinajstić information content (AvgIpc) is 2.83. The van der Waals surface area contributed by atoms with Crippen LogP contribution in [0.4, 0.5) is 10.5 Å². The number of aromatic nitrogens is 1. The zero-order valence-electron chi connectivity index (χ0n) is 19.3. The Hall–Kier alpha value is -3.36. The van der Waals surface area contributed by atoms with Crippen molar-refractivity contribution in [3.63, 3.8) is 0 Å². The molecule has 0 aliphatic rings. The molecule has 1 unspecified atom stereocenters. The number of anilines is 1. The number of carbonyl (C=O) groups excluding carboxylic acids is 1. The number of carbonyl (C=O) groups is 1. The minimum Gasteiger partial charge on any atom is -0.407 e. The molecule has 1 aromatic heterocycles. The molecule has 0 fully saturated rings. The van der Waals surface area contributed by atoms with Gasteiger partial charge in [-0.05, 0) is 36.2 Å². The van der Waals surface area contributed by atoms with Gasteiger partial charge in [-0.1, -0.05) is 42.3 Å².